The lowest BCUT2D eigenvalue weighted by Crippen LogP contribution is -2.39. The van der Waals surface area contributed by atoms with Crippen molar-refractivity contribution in [2.24, 2.45) is 4.99 Å². The minimum Gasteiger partial charge on any atom is -0.497 e. The number of fused-ring (bicyclic) bond motifs is 2. The average Bonchev–Trinajstić information content (AvgIpc) is 3.36. The maximum Gasteiger partial charge on any atom is 0.271 e. The van der Waals surface area contributed by atoms with Gasteiger partial charge in [0.05, 0.1) is 17.7 Å². The van der Waals surface area contributed by atoms with Gasteiger partial charge in [-0.05, 0) is 55.3 Å². The number of nitrogens with zero attached hydrogens (tertiary/aromatic N) is 2. The fourth-order valence-corrected chi connectivity index (χ4v) is 5.07. The molecule has 0 amide bonds. The van der Waals surface area contributed by atoms with Gasteiger partial charge in [-0.25, -0.2) is 4.99 Å². The normalized spacial score (nSPS) is 17.2. The van der Waals surface area contributed by atoms with Crippen LogP contribution in [0.5, 0.6) is 17.2 Å². The van der Waals surface area contributed by atoms with Crippen LogP contribution in [0.15, 0.2) is 63.5 Å². The summed E-state index contributed by atoms with van der Waals surface area (Å²) in [6, 6.07) is 12.4. The molecule has 0 aliphatic carbocycles. The average molecular weight is 449 g/mol. The van der Waals surface area contributed by atoms with Crippen molar-refractivity contribution >= 4 is 23.2 Å². The number of methoxy groups -OCH3 is 1. The summed E-state index contributed by atoms with van der Waals surface area (Å²) < 4.78 is 18.2. The second kappa shape index (κ2) is 7.80. The van der Waals surface area contributed by atoms with Gasteiger partial charge < -0.3 is 14.2 Å². The third-order valence-corrected chi connectivity index (χ3v) is 6.51. The predicted molar refractivity (Wildman–Crippen MR) is 120 cm³/mol. The molecule has 3 aromatic rings. The van der Waals surface area contributed by atoms with Crippen molar-refractivity contribution in [1.29, 1.82) is 0 Å². The van der Waals surface area contributed by atoms with Gasteiger partial charge in [0.1, 0.15) is 5.75 Å². The molecule has 5 rings (SSSR count). The van der Waals surface area contributed by atoms with Gasteiger partial charge in [0, 0.05) is 11.3 Å². The molecule has 2 aliphatic heterocycles. The Balaban J connectivity index is 1.69. The van der Waals surface area contributed by atoms with Gasteiger partial charge in [0.2, 0.25) is 6.79 Å². The fraction of sp³-hybridized carbons (Fsp3) is 0.208. The lowest BCUT2D eigenvalue weighted by molar-refractivity contribution is -0.114. The van der Waals surface area contributed by atoms with E-state index in [0.717, 1.165) is 11.1 Å². The van der Waals surface area contributed by atoms with Crippen LogP contribution in [0.2, 0.25) is 0 Å². The topological polar surface area (TPSA) is 79.1 Å². The molecular weight excluding hydrogens is 428 g/mol. The van der Waals surface area contributed by atoms with Gasteiger partial charge in [-0.1, -0.05) is 29.5 Å². The zero-order chi connectivity index (χ0) is 22.4. The van der Waals surface area contributed by atoms with Crippen LogP contribution in [0.25, 0.3) is 6.08 Å². The van der Waals surface area contributed by atoms with E-state index in [0.29, 0.717) is 37.9 Å². The first kappa shape index (κ1) is 20.3. The number of hydrogen-bond donors (Lipinski definition) is 0. The van der Waals surface area contributed by atoms with E-state index in [4.69, 9.17) is 14.2 Å². The Kier molecular flexibility index (Phi) is 4.94. The number of carbonyl (C=O) groups is 1. The number of thiazole rings is 1. The Labute approximate surface area is 187 Å². The van der Waals surface area contributed by atoms with Gasteiger partial charge in [-0.2, -0.15) is 0 Å². The number of ketones is 1. The molecule has 0 fully saturated rings. The lowest BCUT2D eigenvalue weighted by atomic mass is 9.93. The largest absolute Gasteiger partial charge is 0.497 e. The molecule has 1 atom stereocenters. The smallest absolute Gasteiger partial charge is 0.271 e. The van der Waals surface area contributed by atoms with Crippen LogP contribution >= 0.6 is 11.3 Å². The van der Waals surface area contributed by atoms with Gasteiger partial charge in [0.25, 0.3) is 5.56 Å². The van der Waals surface area contributed by atoms with E-state index in [1.165, 1.54) is 18.3 Å². The van der Waals surface area contributed by atoms with Crippen molar-refractivity contribution in [3.8, 4) is 17.2 Å². The SMILES string of the molecule is COc1ccc([C@@H]2C(C(C)=O)=C(C)N=c3s/c(=C/c4ccc5c(c4)OCO5)c(=O)n32)cc1. The first-order valence-electron chi connectivity index (χ1n) is 10.0. The zero-order valence-corrected chi connectivity index (χ0v) is 18.6. The summed E-state index contributed by atoms with van der Waals surface area (Å²) in [6.07, 6.45) is 1.81. The van der Waals surface area contributed by atoms with Crippen molar-refractivity contribution in [3.63, 3.8) is 0 Å². The number of ether oxygens (including phenoxy) is 3. The molecule has 2 aliphatic rings. The molecule has 8 heteroatoms. The second-order valence-corrected chi connectivity index (χ2v) is 8.53. The Morgan fingerprint density at radius 2 is 1.94 bits per heavy atom. The van der Waals surface area contributed by atoms with Crippen molar-refractivity contribution in [2.75, 3.05) is 13.9 Å². The van der Waals surface area contributed by atoms with Crippen LogP contribution in [0.4, 0.5) is 0 Å². The monoisotopic (exact) mass is 448 g/mol. The molecule has 1 aromatic heterocycles. The third-order valence-electron chi connectivity index (χ3n) is 5.53. The Morgan fingerprint density at radius 1 is 1.19 bits per heavy atom. The first-order chi connectivity index (χ1) is 15.5. The molecule has 32 heavy (non-hydrogen) atoms. The van der Waals surface area contributed by atoms with E-state index >= 15 is 0 Å². The molecule has 0 spiro atoms. The standard InChI is InChI=1S/C24H20N2O5S/c1-13-21(14(2)27)22(16-5-7-17(29-3)8-6-16)26-23(28)20(32-24(26)25-13)11-15-4-9-18-19(10-15)31-12-30-18/h4-11,22H,12H2,1-3H3/b20-11+/t22-/m1/s1. The maximum absolute atomic E-state index is 13.5. The number of carbonyl (C=O) groups excluding carboxylic acids is 1. The van der Waals surface area contributed by atoms with Crippen LogP contribution in [0, 0.1) is 0 Å². The number of rotatable bonds is 4. The summed E-state index contributed by atoms with van der Waals surface area (Å²) in [5.41, 5.74) is 2.58. The van der Waals surface area contributed by atoms with Gasteiger partial charge in [-0.15, -0.1) is 0 Å². The highest BCUT2D eigenvalue weighted by Gasteiger charge is 2.30. The quantitative estimate of drug-likeness (QED) is 0.613. The zero-order valence-electron chi connectivity index (χ0n) is 17.7. The Hall–Kier alpha value is -3.65. The van der Waals surface area contributed by atoms with Crippen LogP contribution < -0.4 is 29.1 Å². The molecule has 0 saturated carbocycles. The molecule has 7 nitrogen and oxygen atoms in total. The third kappa shape index (κ3) is 3.33. The first-order valence-corrected chi connectivity index (χ1v) is 10.8. The number of allylic oxidation sites excluding steroid dienone is 2. The molecular formula is C24H20N2O5S. The molecule has 162 valence electrons. The van der Waals surface area contributed by atoms with Crippen molar-refractivity contribution in [3.05, 3.63) is 84.5 Å². The van der Waals surface area contributed by atoms with Gasteiger partial charge in [-0.3, -0.25) is 14.2 Å². The number of Topliss-reactive ketones (excluding diaryl/α,β-unsaturated/α-hetero) is 1. The van der Waals surface area contributed by atoms with Gasteiger partial charge in [0.15, 0.2) is 22.1 Å². The van der Waals surface area contributed by atoms with Crippen LogP contribution in [-0.2, 0) is 4.79 Å². The van der Waals surface area contributed by atoms with E-state index in [1.54, 1.807) is 11.7 Å². The van der Waals surface area contributed by atoms with E-state index in [2.05, 4.69) is 4.99 Å². The lowest BCUT2D eigenvalue weighted by Gasteiger charge is -2.24. The molecule has 0 bridgehead atoms. The number of aromatic nitrogens is 1. The van der Waals surface area contributed by atoms with Gasteiger partial charge >= 0.3 is 0 Å². The predicted octanol–water partition coefficient (Wildman–Crippen LogP) is 2.56. The molecule has 0 unspecified atom stereocenters. The minimum absolute atomic E-state index is 0.114. The van der Waals surface area contributed by atoms with E-state index in [1.807, 2.05) is 55.5 Å². The summed E-state index contributed by atoms with van der Waals surface area (Å²) in [6.45, 7) is 3.50. The number of hydrogen-bond acceptors (Lipinski definition) is 7. The summed E-state index contributed by atoms with van der Waals surface area (Å²) in [5.74, 6) is 1.92. The summed E-state index contributed by atoms with van der Waals surface area (Å²) in [7, 11) is 1.60. The van der Waals surface area contributed by atoms with E-state index < -0.39 is 6.04 Å². The minimum atomic E-state index is -0.548. The van der Waals surface area contributed by atoms with Crippen molar-refractivity contribution < 1.29 is 19.0 Å². The van der Waals surface area contributed by atoms with Crippen LogP contribution in [0.1, 0.15) is 31.0 Å². The van der Waals surface area contributed by atoms with E-state index in [-0.39, 0.29) is 18.1 Å². The van der Waals surface area contributed by atoms with Crippen molar-refractivity contribution in [2.45, 2.75) is 19.9 Å². The molecule has 3 heterocycles. The van der Waals surface area contributed by atoms with Crippen LogP contribution in [0.3, 0.4) is 0 Å². The molecule has 0 saturated heterocycles. The summed E-state index contributed by atoms with van der Waals surface area (Å²) in [5, 5.41) is 0. The van der Waals surface area contributed by atoms with E-state index in [9.17, 15) is 9.59 Å². The maximum atomic E-state index is 13.5. The highest BCUT2D eigenvalue weighted by atomic mass is 32.1. The Morgan fingerprint density at radius 3 is 2.66 bits per heavy atom. The molecule has 0 N–H and O–H groups in total. The fourth-order valence-electron chi connectivity index (χ4n) is 4.03. The Bertz CT molecular complexity index is 1450. The van der Waals surface area contributed by atoms with Crippen LogP contribution in [-0.4, -0.2) is 24.3 Å². The highest BCUT2D eigenvalue weighted by molar-refractivity contribution is 7.07. The second-order valence-electron chi connectivity index (χ2n) is 7.52. The summed E-state index contributed by atoms with van der Waals surface area (Å²) >= 11 is 1.30. The number of benzene rings is 2. The highest BCUT2D eigenvalue weighted by Crippen LogP contribution is 2.33. The van der Waals surface area contributed by atoms with Crippen molar-refractivity contribution in [1.82, 2.24) is 4.57 Å². The molecule has 0 radical (unpaired) electrons. The molecule has 2 aromatic carbocycles. The summed E-state index contributed by atoms with van der Waals surface area (Å²) in [4.78, 5) is 31.2.